The van der Waals surface area contributed by atoms with E-state index < -0.39 is 0 Å². The highest BCUT2D eigenvalue weighted by Gasteiger charge is 2.21. The number of benzene rings is 2. The normalized spacial score (nSPS) is 21.7. The molecule has 2 aliphatic rings. The van der Waals surface area contributed by atoms with Crippen molar-refractivity contribution in [3.63, 3.8) is 0 Å². The highest BCUT2D eigenvalue weighted by Crippen LogP contribution is 2.21. The van der Waals surface area contributed by atoms with E-state index >= 15 is 0 Å². The molecule has 7 heteroatoms. The monoisotopic (exact) mass is 437 g/mol. The first-order valence-corrected chi connectivity index (χ1v) is 11.7. The number of carbonyl (C=O) groups excluding carboxylic acids is 1. The fraction of sp³-hybridized carbons (Fsp3) is 0.480. The van der Waals surface area contributed by atoms with Crippen molar-refractivity contribution >= 4 is 11.6 Å². The van der Waals surface area contributed by atoms with Gasteiger partial charge in [-0.15, -0.1) is 0 Å². The van der Waals surface area contributed by atoms with E-state index in [4.69, 9.17) is 4.74 Å². The van der Waals surface area contributed by atoms with Crippen LogP contribution in [0.4, 0.5) is 5.69 Å². The third-order valence-corrected chi connectivity index (χ3v) is 6.32. The Labute approximate surface area is 190 Å². The maximum Gasteiger partial charge on any atom is 0.251 e. The topological polar surface area (TPSA) is 77.7 Å². The summed E-state index contributed by atoms with van der Waals surface area (Å²) in [5, 5.41) is 13.5. The minimum atomic E-state index is -0.0399. The molecule has 0 aromatic heterocycles. The first-order valence-electron chi connectivity index (χ1n) is 11.7. The molecule has 4 rings (SSSR count). The van der Waals surface area contributed by atoms with Crippen LogP contribution in [0, 0.1) is 0 Å². The second-order valence-electron chi connectivity index (χ2n) is 8.60. The summed E-state index contributed by atoms with van der Waals surface area (Å²) < 4.78 is 5.24. The van der Waals surface area contributed by atoms with Gasteiger partial charge in [0, 0.05) is 43.3 Å². The Morgan fingerprint density at radius 2 is 1.81 bits per heavy atom. The van der Waals surface area contributed by atoms with Crippen molar-refractivity contribution < 1.29 is 9.53 Å². The molecule has 2 aromatic rings. The van der Waals surface area contributed by atoms with Crippen molar-refractivity contribution in [3.05, 3.63) is 59.7 Å². The Hall–Kier alpha value is -2.61. The van der Waals surface area contributed by atoms with Crippen LogP contribution >= 0.6 is 0 Å². The fourth-order valence-corrected chi connectivity index (χ4v) is 4.41. The zero-order chi connectivity index (χ0) is 22.2. The van der Waals surface area contributed by atoms with Crippen LogP contribution < -0.4 is 26.0 Å². The first kappa shape index (κ1) is 22.6. The molecule has 0 aliphatic carbocycles. The molecule has 2 aliphatic heterocycles. The second kappa shape index (κ2) is 11.3. The van der Waals surface area contributed by atoms with Gasteiger partial charge in [-0.3, -0.25) is 15.4 Å². The molecule has 0 radical (unpaired) electrons. The number of nitrogens with zero attached hydrogens (tertiary/aromatic N) is 1. The number of methoxy groups -OCH3 is 1. The molecule has 172 valence electrons. The van der Waals surface area contributed by atoms with Crippen molar-refractivity contribution in [2.24, 2.45) is 0 Å². The standard InChI is InChI=1S/C25H35N5O2/c1-32-23-10-8-19(9-11-23)21-17-27-25(28-18-21)29-22-7-5-6-20(16-22)24(31)26-12-15-30-13-3-2-4-14-30/h5-11,16,21,25,27-29H,2-4,12-15,17-18H2,1H3,(H,26,31). The highest BCUT2D eigenvalue weighted by molar-refractivity contribution is 5.95. The molecule has 0 atom stereocenters. The number of rotatable bonds is 8. The van der Waals surface area contributed by atoms with Gasteiger partial charge < -0.3 is 20.3 Å². The van der Waals surface area contributed by atoms with Crippen molar-refractivity contribution in [1.29, 1.82) is 0 Å². The molecule has 1 amide bonds. The smallest absolute Gasteiger partial charge is 0.251 e. The fourth-order valence-electron chi connectivity index (χ4n) is 4.41. The molecule has 2 saturated heterocycles. The van der Waals surface area contributed by atoms with E-state index in [9.17, 15) is 4.79 Å². The van der Waals surface area contributed by atoms with Gasteiger partial charge in [-0.05, 0) is 61.8 Å². The van der Waals surface area contributed by atoms with Crippen LogP contribution in [-0.2, 0) is 0 Å². The minimum absolute atomic E-state index is 0.0187. The molecule has 7 nitrogen and oxygen atoms in total. The molecule has 0 saturated carbocycles. The van der Waals surface area contributed by atoms with Crippen LogP contribution in [0.3, 0.4) is 0 Å². The lowest BCUT2D eigenvalue weighted by Crippen LogP contribution is -2.55. The summed E-state index contributed by atoms with van der Waals surface area (Å²) in [5.74, 6) is 1.26. The van der Waals surface area contributed by atoms with Crippen LogP contribution in [0.25, 0.3) is 0 Å². The van der Waals surface area contributed by atoms with Gasteiger partial charge >= 0.3 is 0 Å². The highest BCUT2D eigenvalue weighted by atomic mass is 16.5. The number of nitrogens with one attached hydrogen (secondary N) is 4. The van der Waals surface area contributed by atoms with E-state index in [1.807, 2.05) is 36.4 Å². The number of amides is 1. The number of likely N-dealkylation sites (tertiary alicyclic amines) is 1. The zero-order valence-corrected chi connectivity index (χ0v) is 18.9. The average molecular weight is 438 g/mol. The maximum atomic E-state index is 12.6. The van der Waals surface area contributed by atoms with Gasteiger partial charge in [0.15, 0.2) is 0 Å². The van der Waals surface area contributed by atoms with Crippen molar-refractivity contribution in [2.45, 2.75) is 31.5 Å². The molecular formula is C25H35N5O2. The number of hydrogen-bond acceptors (Lipinski definition) is 6. The van der Waals surface area contributed by atoms with Gasteiger partial charge in [-0.25, -0.2) is 0 Å². The first-order chi connectivity index (χ1) is 15.7. The van der Waals surface area contributed by atoms with E-state index in [0.717, 1.165) is 44.2 Å². The molecule has 2 fully saturated rings. The quantitative estimate of drug-likeness (QED) is 0.509. The maximum absolute atomic E-state index is 12.6. The van der Waals surface area contributed by atoms with E-state index in [1.165, 1.54) is 24.8 Å². The molecule has 4 N–H and O–H groups in total. The summed E-state index contributed by atoms with van der Waals surface area (Å²) in [6.07, 6.45) is 3.83. The summed E-state index contributed by atoms with van der Waals surface area (Å²) >= 11 is 0. The van der Waals surface area contributed by atoms with Gasteiger partial charge in [-0.1, -0.05) is 24.6 Å². The molecule has 2 aromatic carbocycles. The molecule has 0 spiro atoms. The predicted molar refractivity (Wildman–Crippen MR) is 128 cm³/mol. The summed E-state index contributed by atoms with van der Waals surface area (Å²) in [6.45, 7) is 5.65. The van der Waals surface area contributed by atoms with Crippen molar-refractivity contribution in [1.82, 2.24) is 20.9 Å². The second-order valence-corrected chi connectivity index (χ2v) is 8.60. The number of hydrogen-bond donors (Lipinski definition) is 4. The minimum Gasteiger partial charge on any atom is -0.497 e. The Morgan fingerprint density at radius 1 is 1.06 bits per heavy atom. The van der Waals surface area contributed by atoms with Crippen LogP contribution in [0.5, 0.6) is 5.75 Å². The lowest BCUT2D eigenvalue weighted by atomic mass is 9.97. The van der Waals surface area contributed by atoms with Gasteiger partial charge in [0.2, 0.25) is 0 Å². The Morgan fingerprint density at radius 3 is 2.53 bits per heavy atom. The molecule has 0 unspecified atom stereocenters. The third kappa shape index (κ3) is 6.22. The van der Waals surface area contributed by atoms with Gasteiger partial charge in [0.1, 0.15) is 12.0 Å². The summed E-state index contributed by atoms with van der Waals surface area (Å²) in [7, 11) is 1.68. The third-order valence-electron chi connectivity index (χ3n) is 6.32. The average Bonchev–Trinajstić information content (AvgIpc) is 2.85. The number of ether oxygens (including phenoxy) is 1. The van der Waals surface area contributed by atoms with Crippen LogP contribution in [0.1, 0.15) is 41.1 Å². The van der Waals surface area contributed by atoms with Crippen LogP contribution in [0.2, 0.25) is 0 Å². The summed E-state index contributed by atoms with van der Waals surface area (Å²) in [6, 6.07) is 15.9. The number of anilines is 1. The Bertz CT molecular complexity index is 859. The van der Waals surface area contributed by atoms with Crippen LogP contribution in [-0.4, -0.2) is 63.5 Å². The molecule has 32 heavy (non-hydrogen) atoms. The SMILES string of the molecule is COc1ccc(C2CNC(Nc3cccc(C(=O)NCCN4CCCCC4)c3)NC2)cc1. The van der Waals surface area contributed by atoms with E-state index in [-0.39, 0.29) is 12.2 Å². The Kier molecular flexibility index (Phi) is 7.98. The van der Waals surface area contributed by atoms with Crippen molar-refractivity contribution in [2.75, 3.05) is 51.7 Å². The zero-order valence-electron chi connectivity index (χ0n) is 18.9. The summed E-state index contributed by atoms with van der Waals surface area (Å²) in [5.41, 5.74) is 2.88. The van der Waals surface area contributed by atoms with Crippen LogP contribution in [0.15, 0.2) is 48.5 Å². The molecule has 2 heterocycles. The lowest BCUT2D eigenvalue weighted by Gasteiger charge is -2.32. The number of carbonyl (C=O) groups is 1. The largest absolute Gasteiger partial charge is 0.497 e. The van der Waals surface area contributed by atoms with E-state index in [2.05, 4.69) is 38.3 Å². The van der Waals surface area contributed by atoms with E-state index in [1.54, 1.807) is 7.11 Å². The molecular weight excluding hydrogens is 402 g/mol. The van der Waals surface area contributed by atoms with Gasteiger partial charge in [0.05, 0.1) is 7.11 Å². The molecule has 0 bridgehead atoms. The van der Waals surface area contributed by atoms with Gasteiger partial charge in [-0.2, -0.15) is 0 Å². The van der Waals surface area contributed by atoms with Crippen molar-refractivity contribution in [3.8, 4) is 5.75 Å². The predicted octanol–water partition coefficient (Wildman–Crippen LogP) is 2.58. The number of piperidine rings is 1. The lowest BCUT2D eigenvalue weighted by molar-refractivity contribution is 0.0946. The van der Waals surface area contributed by atoms with E-state index in [0.29, 0.717) is 18.0 Å². The summed E-state index contributed by atoms with van der Waals surface area (Å²) in [4.78, 5) is 15.0. The van der Waals surface area contributed by atoms with Gasteiger partial charge in [0.25, 0.3) is 5.91 Å². The Balaban J connectivity index is 1.23.